The number of benzene rings is 3. The van der Waals surface area contributed by atoms with Crippen LogP contribution in [0.3, 0.4) is 0 Å². The SMILES string of the molecule is O=C(O)c1cnn(-c2nc3cc(-c4ccc(OCc5ccccc5)cc4)ccc3[nH]2)c1. The lowest BCUT2D eigenvalue weighted by atomic mass is 10.1. The van der Waals surface area contributed by atoms with Crippen LogP contribution in [0, 0.1) is 0 Å². The number of nitrogens with one attached hydrogen (secondary N) is 1. The average Bonchev–Trinajstić information content (AvgIpc) is 3.45. The minimum Gasteiger partial charge on any atom is -0.489 e. The van der Waals surface area contributed by atoms with Crippen LogP contribution in [-0.2, 0) is 6.61 Å². The third-order valence-corrected chi connectivity index (χ3v) is 4.95. The Morgan fingerprint density at radius 1 is 1.00 bits per heavy atom. The molecule has 7 heteroatoms. The molecule has 2 N–H and O–H groups in total. The first-order valence-electron chi connectivity index (χ1n) is 9.71. The molecule has 152 valence electrons. The zero-order valence-electron chi connectivity index (χ0n) is 16.4. The van der Waals surface area contributed by atoms with Gasteiger partial charge in [0.2, 0.25) is 5.95 Å². The molecule has 5 rings (SSSR count). The number of carboxylic acid groups (broad SMARTS) is 1. The van der Waals surface area contributed by atoms with Gasteiger partial charge in [0.1, 0.15) is 12.4 Å². The number of hydrogen-bond acceptors (Lipinski definition) is 4. The molecule has 0 aliphatic rings. The number of hydrogen-bond donors (Lipinski definition) is 2. The maximum atomic E-state index is 11.1. The van der Waals surface area contributed by atoms with E-state index >= 15 is 0 Å². The van der Waals surface area contributed by atoms with E-state index < -0.39 is 5.97 Å². The molecule has 0 bridgehead atoms. The summed E-state index contributed by atoms with van der Waals surface area (Å²) in [6, 6.07) is 23.9. The number of aromatic nitrogens is 4. The molecule has 0 amide bonds. The van der Waals surface area contributed by atoms with Gasteiger partial charge in [-0.25, -0.2) is 14.5 Å². The van der Waals surface area contributed by atoms with Gasteiger partial charge in [-0.3, -0.25) is 0 Å². The molecule has 7 nitrogen and oxygen atoms in total. The Kier molecular flexibility index (Phi) is 4.68. The van der Waals surface area contributed by atoms with Gasteiger partial charge in [-0.15, -0.1) is 0 Å². The molecule has 0 spiro atoms. The van der Waals surface area contributed by atoms with E-state index in [0.717, 1.165) is 33.5 Å². The predicted molar refractivity (Wildman–Crippen MR) is 116 cm³/mol. The minimum atomic E-state index is -1.03. The van der Waals surface area contributed by atoms with E-state index in [0.29, 0.717) is 12.6 Å². The van der Waals surface area contributed by atoms with Crippen LogP contribution in [0.2, 0.25) is 0 Å². The highest BCUT2D eigenvalue weighted by Gasteiger charge is 2.11. The van der Waals surface area contributed by atoms with Crippen molar-refractivity contribution in [3.63, 3.8) is 0 Å². The molecule has 0 aliphatic heterocycles. The van der Waals surface area contributed by atoms with Gasteiger partial charge in [0.15, 0.2) is 0 Å². The molecule has 0 atom stereocenters. The summed E-state index contributed by atoms with van der Waals surface area (Å²) in [6.45, 7) is 0.527. The van der Waals surface area contributed by atoms with Crippen molar-refractivity contribution in [2.45, 2.75) is 6.61 Å². The first-order valence-corrected chi connectivity index (χ1v) is 9.71. The molecule has 0 saturated carbocycles. The zero-order valence-corrected chi connectivity index (χ0v) is 16.4. The number of rotatable bonds is 6. The number of ether oxygens (including phenoxy) is 1. The maximum absolute atomic E-state index is 11.1. The lowest BCUT2D eigenvalue weighted by Crippen LogP contribution is -1.97. The smallest absolute Gasteiger partial charge is 0.338 e. The van der Waals surface area contributed by atoms with Crippen LogP contribution in [0.25, 0.3) is 28.1 Å². The van der Waals surface area contributed by atoms with Gasteiger partial charge in [0.25, 0.3) is 0 Å². The monoisotopic (exact) mass is 410 g/mol. The second-order valence-electron chi connectivity index (χ2n) is 7.07. The molecule has 31 heavy (non-hydrogen) atoms. The summed E-state index contributed by atoms with van der Waals surface area (Å²) in [5.41, 5.74) is 4.91. The first kappa shape index (κ1) is 18.6. The number of imidazole rings is 1. The summed E-state index contributed by atoms with van der Waals surface area (Å²) in [5.74, 6) is 0.244. The Labute approximate surface area is 177 Å². The summed E-state index contributed by atoms with van der Waals surface area (Å²) in [5, 5.41) is 13.1. The zero-order chi connectivity index (χ0) is 21.2. The fourth-order valence-electron chi connectivity index (χ4n) is 3.31. The van der Waals surface area contributed by atoms with Crippen LogP contribution >= 0.6 is 0 Å². The topological polar surface area (TPSA) is 93.0 Å². The van der Waals surface area contributed by atoms with Crippen molar-refractivity contribution in [2.75, 3.05) is 0 Å². The molecule has 0 unspecified atom stereocenters. The highest BCUT2D eigenvalue weighted by Crippen LogP contribution is 2.26. The second kappa shape index (κ2) is 7.79. The maximum Gasteiger partial charge on any atom is 0.338 e. The molecule has 3 aromatic carbocycles. The third-order valence-electron chi connectivity index (χ3n) is 4.95. The molecule has 0 aliphatic carbocycles. The van der Waals surface area contributed by atoms with Crippen molar-refractivity contribution < 1.29 is 14.6 Å². The Hall–Kier alpha value is -4.39. The Morgan fingerprint density at radius 2 is 1.77 bits per heavy atom. The molecular formula is C24H18N4O3. The minimum absolute atomic E-state index is 0.107. The largest absolute Gasteiger partial charge is 0.489 e. The van der Waals surface area contributed by atoms with E-state index in [1.807, 2.05) is 72.8 Å². The van der Waals surface area contributed by atoms with Crippen LogP contribution in [-0.4, -0.2) is 30.8 Å². The predicted octanol–water partition coefficient (Wildman–Crippen LogP) is 4.69. The van der Waals surface area contributed by atoms with Crippen LogP contribution in [0.4, 0.5) is 0 Å². The number of aromatic carboxylic acids is 1. The fraction of sp³-hybridized carbons (Fsp3) is 0.0417. The van der Waals surface area contributed by atoms with Gasteiger partial charge in [-0.2, -0.15) is 5.10 Å². The number of H-pyrrole nitrogens is 1. The van der Waals surface area contributed by atoms with Crippen molar-refractivity contribution in [1.82, 2.24) is 19.7 Å². The molecule has 0 fully saturated rings. The Morgan fingerprint density at radius 3 is 2.52 bits per heavy atom. The molecular weight excluding hydrogens is 392 g/mol. The summed E-state index contributed by atoms with van der Waals surface area (Å²) in [6.07, 6.45) is 2.72. The average molecular weight is 410 g/mol. The van der Waals surface area contributed by atoms with Gasteiger partial charge >= 0.3 is 5.97 Å². The van der Waals surface area contributed by atoms with E-state index in [-0.39, 0.29) is 5.56 Å². The van der Waals surface area contributed by atoms with Crippen molar-refractivity contribution in [3.8, 4) is 22.8 Å². The van der Waals surface area contributed by atoms with Gasteiger partial charge in [0.05, 0.1) is 22.8 Å². The number of carbonyl (C=O) groups is 1. The van der Waals surface area contributed by atoms with Crippen molar-refractivity contribution in [3.05, 3.63) is 96.3 Å². The van der Waals surface area contributed by atoms with E-state index in [9.17, 15) is 4.79 Å². The molecule has 0 saturated heterocycles. The standard InChI is InChI=1S/C24H18N4O3/c29-23(30)19-13-25-28(14-19)24-26-21-11-8-18(12-22(21)27-24)17-6-9-20(10-7-17)31-15-16-4-2-1-3-5-16/h1-14H,15H2,(H,26,27)(H,29,30). The van der Waals surface area contributed by atoms with Crippen molar-refractivity contribution in [2.24, 2.45) is 0 Å². The molecule has 2 aromatic heterocycles. The number of fused-ring (bicyclic) bond motifs is 1. The van der Waals surface area contributed by atoms with Gasteiger partial charge in [-0.1, -0.05) is 48.5 Å². The van der Waals surface area contributed by atoms with Crippen LogP contribution in [0.15, 0.2) is 85.2 Å². The lowest BCUT2D eigenvalue weighted by molar-refractivity contribution is 0.0697. The van der Waals surface area contributed by atoms with E-state index in [1.165, 1.54) is 17.1 Å². The van der Waals surface area contributed by atoms with Gasteiger partial charge < -0.3 is 14.8 Å². The number of carboxylic acids is 1. The lowest BCUT2D eigenvalue weighted by Gasteiger charge is -2.07. The number of nitrogens with zero attached hydrogens (tertiary/aromatic N) is 3. The third kappa shape index (κ3) is 3.89. The van der Waals surface area contributed by atoms with Gasteiger partial charge in [0, 0.05) is 6.20 Å². The van der Waals surface area contributed by atoms with Gasteiger partial charge in [-0.05, 0) is 41.0 Å². The van der Waals surface area contributed by atoms with Crippen LogP contribution in [0.1, 0.15) is 15.9 Å². The summed E-state index contributed by atoms with van der Waals surface area (Å²) in [4.78, 5) is 18.8. The van der Waals surface area contributed by atoms with Crippen molar-refractivity contribution >= 4 is 17.0 Å². The van der Waals surface area contributed by atoms with Crippen LogP contribution < -0.4 is 4.74 Å². The summed E-state index contributed by atoms with van der Waals surface area (Å²) in [7, 11) is 0. The Balaban J connectivity index is 1.35. The normalized spacial score (nSPS) is 11.0. The molecule has 0 radical (unpaired) electrons. The second-order valence-corrected chi connectivity index (χ2v) is 7.07. The first-order chi connectivity index (χ1) is 15.2. The summed E-state index contributed by atoms with van der Waals surface area (Å²) < 4.78 is 7.27. The van der Waals surface area contributed by atoms with E-state index in [1.54, 1.807) is 0 Å². The molecule has 5 aromatic rings. The van der Waals surface area contributed by atoms with E-state index in [4.69, 9.17) is 9.84 Å². The quantitative estimate of drug-likeness (QED) is 0.423. The highest BCUT2D eigenvalue weighted by atomic mass is 16.5. The number of aromatic amines is 1. The van der Waals surface area contributed by atoms with E-state index in [2.05, 4.69) is 15.1 Å². The summed E-state index contributed by atoms with van der Waals surface area (Å²) >= 11 is 0. The van der Waals surface area contributed by atoms with Crippen molar-refractivity contribution in [1.29, 1.82) is 0 Å². The highest BCUT2D eigenvalue weighted by molar-refractivity contribution is 5.87. The Bertz CT molecular complexity index is 1350. The fourth-order valence-corrected chi connectivity index (χ4v) is 3.31. The van der Waals surface area contributed by atoms with Crippen LogP contribution in [0.5, 0.6) is 5.75 Å². The molecule has 2 heterocycles.